The summed E-state index contributed by atoms with van der Waals surface area (Å²) < 4.78 is 2.53. The summed E-state index contributed by atoms with van der Waals surface area (Å²) in [5.74, 6) is 0. The molecule has 2 nitrogen and oxygen atoms in total. The number of benzene rings is 6. The Labute approximate surface area is 275 Å². The van der Waals surface area contributed by atoms with Gasteiger partial charge in [-0.05, 0) is 88.2 Å². The molecule has 0 bridgehead atoms. The van der Waals surface area contributed by atoms with E-state index < -0.39 is 0 Å². The number of hydrogen-bond acceptors (Lipinski definition) is 1. The first-order chi connectivity index (χ1) is 23.1. The average Bonchev–Trinajstić information content (AvgIpc) is 3.52. The Kier molecular flexibility index (Phi) is 5.49. The van der Waals surface area contributed by atoms with Gasteiger partial charge >= 0.3 is 0 Å². The first-order valence-corrected chi connectivity index (χ1v) is 16.8. The molecule has 0 saturated carbocycles. The lowest BCUT2D eigenvalue weighted by Crippen LogP contribution is -2.15. The second-order valence-electron chi connectivity index (χ2n) is 13.7. The minimum atomic E-state index is -0.0551. The number of para-hydroxylation sites is 1. The molecule has 47 heavy (non-hydrogen) atoms. The minimum Gasteiger partial charge on any atom is -0.355 e. The summed E-state index contributed by atoms with van der Waals surface area (Å²) in [4.78, 5) is 0. The van der Waals surface area contributed by atoms with E-state index in [1.807, 2.05) is 0 Å². The van der Waals surface area contributed by atoms with Gasteiger partial charge in [0.2, 0.25) is 0 Å². The molecule has 6 aromatic carbocycles. The molecule has 0 unspecified atom stereocenters. The van der Waals surface area contributed by atoms with Crippen molar-refractivity contribution in [3.63, 3.8) is 0 Å². The van der Waals surface area contributed by atoms with Crippen LogP contribution in [-0.4, -0.2) is 4.57 Å². The highest BCUT2D eigenvalue weighted by Crippen LogP contribution is 2.58. The molecule has 10 rings (SSSR count). The van der Waals surface area contributed by atoms with Gasteiger partial charge in [-0.2, -0.15) is 0 Å². The lowest BCUT2D eigenvalue weighted by atomic mass is 9.81. The highest BCUT2D eigenvalue weighted by molar-refractivity contribution is 6.19. The van der Waals surface area contributed by atoms with Crippen LogP contribution in [0.25, 0.3) is 66.4 Å². The predicted molar refractivity (Wildman–Crippen MR) is 199 cm³/mol. The van der Waals surface area contributed by atoms with Crippen LogP contribution in [-0.2, 0) is 5.41 Å². The minimum absolute atomic E-state index is 0.0551. The van der Waals surface area contributed by atoms with Crippen molar-refractivity contribution in [1.29, 1.82) is 0 Å². The topological polar surface area (TPSA) is 17.0 Å². The maximum absolute atomic E-state index is 3.87. The summed E-state index contributed by atoms with van der Waals surface area (Å²) in [5, 5.41) is 6.45. The number of rotatable bonds is 4. The van der Waals surface area contributed by atoms with E-state index in [4.69, 9.17) is 0 Å². The van der Waals surface area contributed by atoms with Crippen LogP contribution in [0.5, 0.6) is 0 Å². The highest BCUT2D eigenvalue weighted by atomic mass is 15.0. The van der Waals surface area contributed by atoms with Gasteiger partial charge < -0.3 is 9.88 Å². The normalized spacial score (nSPS) is 15.1. The second kappa shape index (κ2) is 9.70. The van der Waals surface area contributed by atoms with Crippen molar-refractivity contribution in [1.82, 2.24) is 4.57 Å². The van der Waals surface area contributed by atoms with Gasteiger partial charge in [-0.25, -0.2) is 0 Å². The zero-order chi connectivity index (χ0) is 31.3. The van der Waals surface area contributed by atoms with Crippen LogP contribution in [0.2, 0.25) is 0 Å². The maximum atomic E-state index is 3.87. The van der Waals surface area contributed by atoms with Crippen molar-refractivity contribution < 1.29 is 0 Å². The highest BCUT2D eigenvalue weighted by Gasteiger charge is 2.40. The molecule has 0 radical (unpaired) electrons. The number of fused-ring (bicyclic) bond motifs is 6. The molecule has 0 amide bonds. The van der Waals surface area contributed by atoms with Crippen molar-refractivity contribution in [3.05, 3.63) is 156 Å². The average molecular weight is 603 g/mol. The SMILES string of the molecule is CC1(C)c2cccc3c2-c2c1ccc1c4cc(Nc5ccc(-c6ccccc6)cc5C5=CC=CCC5)ccc4n(c21)-c1ccccc1-3. The van der Waals surface area contributed by atoms with Crippen molar-refractivity contribution >= 4 is 38.8 Å². The smallest absolute Gasteiger partial charge is 0.0623 e. The fraction of sp³-hybridized carbons (Fsp3) is 0.111. The molecular weight excluding hydrogens is 569 g/mol. The summed E-state index contributed by atoms with van der Waals surface area (Å²) in [5.41, 5.74) is 19.4. The molecule has 1 aliphatic heterocycles. The van der Waals surface area contributed by atoms with Crippen molar-refractivity contribution in [2.45, 2.75) is 32.1 Å². The molecule has 224 valence electrons. The quantitative estimate of drug-likeness (QED) is 0.212. The fourth-order valence-electron chi connectivity index (χ4n) is 8.53. The molecule has 0 spiro atoms. The fourth-order valence-corrected chi connectivity index (χ4v) is 8.53. The summed E-state index contributed by atoms with van der Waals surface area (Å²) in [6.45, 7) is 4.77. The molecule has 2 aliphatic carbocycles. The zero-order valence-electron chi connectivity index (χ0n) is 26.6. The summed E-state index contributed by atoms with van der Waals surface area (Å²) in [6.07, 6.45) is 8.84. The first-order valence-electron chi connectivity index (χ1n) is 16.8. The van der Waals surface area contributed by atoms with Crippen molar-refractivity contribution in [2.24, 2.45) is 0 Å². The first kappa shape index (κ1) is 26.6. The van der Waals surface area contributed by atoms with Crippen LogP contribution in [0.15, 0.2) is 140 Å². The van der Waals surface area contributed by atoms with Gasteiger partial charge in [0, 0.05) is 44.3 Å². The molecule has 0 fully saturated rings. The van der Waals surface area contributed by atoms with Crippen LogP contribution >= 0.6 is 0 Å². The molecule has 2 heterocycles. The Morgan fingerprint density at radius 3 is 2.34 bits per heavy atom. The van der Waals surface area contributed by atoms with Gasteiger partial charge in [0.1, 0.15) is 0 Å². The van der Waals surface area contributed by atoms with Gasteiger partial charge in [-0.1, -0.05) is 117 Å². The summed E-state index contributed by atoms with van der Waals surface area (Å²) in [7, 11) is 0. The Morgan fingerprint density at radius 2 is 1.47 bits per heavy atom. The van der Waals surface area contributed by atoms with Gasteiger partial charge in [0.25, 0.3) is 0 Å². The van der Waals surface area contributed by atoms with Crippen LogP contribution in [0.4, 0.5) is 11.4 Å². The van der Waals surface area contributed by atoms with Crippen LogP contribution in [0.3, 0.4) is 0 Å². The van der Waals surface area contributed by atoms with Crippen LogP contribution in [0, 0.1) is 0 Å². The molecule has 0 atom stereocenters. The Morgan fingerprint density at radius 1 is 0.638 bits per heavy atom. The van der Waals surface area contributed by atoms with Crippen molar-refractivity contribution in [3.8, 4) is 39.1 Å². The number of allylic oxidation sites excluding steroid dienone is 4. The molecule has 1 aromatic heterocycles. The van der Waals surface area contributed by atoms with Gasteiger partial charge in [-0.3, -0.25) is 0 Å². The molecular formula is C45H34N2. The lowest BCUT2D eigenvalue weighted by Gasteiger charge is -2.22. The van der Waals surface area contributed by atoms with E-state index in [9.17, 15) is 0 Å². The maximum Gasteiger partial charge on any atom is 0.0623 e. The molecule has 0 saturated heterocycles. The van der Waals surface area contributed by atoms with E-state index in [2.05, 4.69) is 163 Å². The number of nitrogens with one attached hydrogen (secondary N) is 1. The van der Waals surface area contributed by atoms with E-state index in [1.54, 1.807) is 0 Å². The van der Waals surface area contributed by atoms with E-state index in [0.717, 1.165) is 24.2 Å². The molecule has 2 heteroatoms. The van der Waals surface area contributed by atoms with E-state index in [0.29, 0.717) is 0 Å². The molecule has 7 aromatic rings. The van der Waals surface area contributed by atoms with Crippen molar-refractivity contribution in [2.75, 3.05) is 5.32 Å². The monoisotopic (exact) mass is 602 g/mol. The number of hydrogen-bond donors (Lipinski definition) is 1. The van der Waals surface area contributed by atoms with Gasteiger partial charge in [-0.15, -0.1) is 0 Å². The summed E-state index contributed by atoms with van der Waals surface area (Å²) in [6, 6.07) is 45.1. The van der Waals surface area contributed by atoms with Crippen LogP contribution < -0.4 is 5.32 Å². The van der Waals surface area contributed by atoms with E-state index >= 15 is 0 Å². The number of aromatic nitrogens is 1. The second-order valence-corrected chi connectivity index (χ2v) is 13.7. The third-order valence-electron chi connectivity index (χ3n) is 10.8. The Balaban J connectivity index is 1.18. The molecule has 3 aliphatic rings. The molecule has 1 N–H and O–H groups in total. The zero-order valence-corrected chi connectivity index (χ0v) is 26.6. The van der Waals surface area contributed by atoms with Gasteiger partial charge in [0.15, 0.2) is 0 Å². The third-order valence-corrected chi connectivity index (χ3v) is 10.8. The van der Waals surface area contributed by atoms with E-state index in [1.165, 1.54) is 83.1 Å². The van der Waals surface area contributed by atoms with E-state index in [-0.39, 0.29) is 5.41 Å². The number of nitrogens with zero attached hydrogens (tertiary/aromatic N) is 1. The number of anilines is 2. The Bertz CT molecular complexity index is 2500. The lowest BCUT2D eigenvalue weighted by molar-refractivity contribution is 0.661. The van der Waals surface area contributed by atoms with Gasteiger partial charge in [0.05, 0.1) is 16.7 Å². The van der Waals surface area contributed by atoms with Crippen LogP contribution in [0.1, 0.15) is 43.4 Å². The third kappa shape index (κ3) is 3.73. The summed E-state index contributed by atoms with van der Waals surface area (Å²) >= 11 is 0. The Hall–Kier alpha value is -5.60. The largest absolute Gasteiger partial charge is 0.355 e. The predicted octanol–water partition coefficient (Wildman–Crippen LogP) is 12.2. The standard InChI is InChI=1S/C45H34N2/c1-45(2)37-18-11-17-33-32-16-9-10-19-40(32)47-41-25-21-31(27-36(41)34-22-23-38(45)43(42(33)37)44(34)47)46-39-24-20-30(28-12-5-3-6-13-28)26-35(39)29-14-7-4-8-15-29/h3-7,9-14,16-27,46H,8,15H2,1-2H3.